The van der Waals surface area contributed by atoms with E-state index in [4.69, 9.17) is 5.10 Å². The minimum Gasteiger partial charge on any atom is -0.359 e. The van der Waals surface area contributed by atoms with Crippen LogP contribution >= 0.6 is 0 Å². The van der Waals surface area contributed by atoms with Crippen LogP contribution in [0.5, 0.6) is 0 Å². The molecule has 3 aromatic carbocycles. The van der Waals surface area contributed by atoms with E-state index in [2.05, 4.69) is 20.9 Å². The largest absolute Gasteiger partial charge is 0.416 e. The fraction of sp³-hybridized carbons (Fsp3) is 0.167. The Bertz CT molecular complexity index is 1710. The first-order valence-electron chi connectivity index (χ1n) is 13.0. The van der Waals surface area contributed by atoms with Crippen molar-refractivity contribution in [2.75, 3.05) is 14.1 Å². The average Bonchev–Trinajstić information content (AvgIpc) is 3.68. The molecule has 0 bridgehead atoms. The normalized spacial score (nSPS) is 11.4. The van der Waals surface area contributed by atoms with Crippen molar-refractivity contribution in [1.29, 1.82) is 0 Å². The quantitative estimate of drug-likeness (QED) is 0.276. The number of hydrogen-bond donors (Lipinski definition) is 2. The van der Waals surface area contributed by atoms with E-state index >= 15 is 0 Å². The number of carbonyl (C=O) groups is 2. The highest BCUT2D eigenvalue weighted by Crippen LogP contribution is 2.32. The standard InChI is InChI=1S/C30H26F3N7O2/c1-34-28(41)16-11-23-17-27(21-5-3-19(4-6-21)20-7-9-22(10-8-20)30(31,32)33)40(37-23)25-14-12-24(13-15-25)39-18-26(36-38-39)29(42)35-2/h3-10,12-15,17-18H,11,16H2,1-2H3,(H,34,41)(H,35,42). The summed E-state index contributed by atoms with van der Waals surface area (Å²) in [5.74, 6) is -0.437. The third-order valence-corrected chi connectivity index (χ3v) is 6.69. The molecule has 0 atom stereocenters. The smallest absolute Gasteiger partial charge is 0.359 e. The molecule has 0 saturated carbocycles. The minimum absolute atomic E-state index is 0.0969. The molecule has 2 heterocycles. The number of alkyl halides is 3. The number of aromatic nitrogens is 5. The van der Waals surface area contributed by atoms with Gasteiger partial charge in [-0.3, -0.25) is 9.59 Å². The van der Waals surface area contributed by atoms with Crippen LogP contribution in [0.4, 0.5) is 13.2 Å². The molecule has 0 radical (unpaired) electrons. The lowest BCUT2D eigenvalue weighted by atomic mass is 10.0. The first-order valence-corrected chi connectivity index (χ1v) is 13.0. The van der Waals surface area contributed by atoms with E-state index in [9.17, 15) is 22.8 Å². The SMILES string of the molecule is CNC(=O)CCc1cc(-c2ccc(-c3ccc(C(F)(F)F)cc3)cc2)n(-c2ccc(-n3cc(C(=O)NC)nn3)cc2)n1. The molecule has 9 nitrogen and oxygen atoms in total. The van der Waals surface area contributed by atoms with Crippen LogP contribution in [0, 0.1) is 0 Å². The summed E-state index contributed by atoms with van der Waals surface area (Å²) >= 11 is 0. The fourth-order valence-corrected chi connectivity index (χ4v) is 4.38. The van der Waals surface area contributed by atoms with Crippen LogP contribution in [-0.4, -0.2) is 50.7 Å². The van der Waals surface area contributed by atoms with Gasteiger partial charge >= 0.3 is 6.18 Å². The minimum atomic E-state index is -4.39. The van der Waals surface area contributed by atoms with Crippen LogP contribution in [0.3, 0.4) is 0 Å². The third kappa shape index (κ3) is 6.07. The Balaban J connectivity index is 1.45. The summed E-state index contributed by atoms with van der Waals surface area (Å²) in [6.45, 7) is 0. The second-order valence-electron chi connectivity index (χ2n) is 9.40. The van der Waals surface area contributed by atoms with Crippen LogP contribution in [-0.2, 0) is 17.4 Å². The zero-order valence-corrected chi connectivity index (χ0v) is 22.7. The van der Waals surface area contributed by atoms with Gasteiger partial charge in [-0.2, -0.15) is 18.3 Å². The van der Waals surface area contributed by atoms with E-state index in [1.807, 2.05) is 54.6 Å². The van der Waals surface area contributed by atoms with E-state index in [1.54, 1.807) is 11.7 Å². The van der Waals surface area contributed by atoms with Gasteiger partial charge in [-0.25, -0.2) is 9.36 Å². The van der Waals surface area contributed by atoms with Crippen molar-refractivity contribution in [2.45, 2.75) is 19.0 Å². The number of nitrogens with one attached hydrogen (secondary N) is 2. The zero-order chi connectivity index (χ0) is 29.9. The Morgan fingerprint density at radius 1 is 0.810 bits per heavy atom. The lowest BCUT2D eigenvalue weighted by molar-refractivity contribution is -0.137. The van der Waals surface area contributed by atoms with Gasteiger partial charge in [0.2, 0.25) is 5.91 Å². The van der Waals surface area contributed by atoms with Crippen molar-refractivity contribution in [3.8, 4) is 33.8 Å². The molecule has 0 spiro atoms. The molecule has 5 aromatic rings. The number of amides is 2. The summed E-state index contributed by atoms with van der Waals surface area (Å²) in [6, 6.07) is 21.8. The summed E-state index contributed by atoms with van der Waals surface area (Å²) in [4.78, 5) is 23.7. The van der Waals surface area contributed by atoms with Gasteiger partial charge in [-0.05, 0) is 53.6 Å². The molecule has 2 aromatic heterocycles. The van der Waals surface area contributed by atoms with Crippen molar-refractivity contribution < 1.29 is 22.8 Å². The van der Waals surface area contributed by atoms with Crippen molar-refractivity contribution in [1.82, 2.24) is 35.4 Å². The van der Waals surface area contributed by atoms with E-state index < -0.39 is 11.7 Å². The Morgan fingerprint density at radius 2 is 1.40 bits per heavy atom. The zero-order valence-electron chi connectivity index (χ0n) is 22.7. The molecule has 42 heavy (non-hydrogen) atoms. The van der Waals surface area contributed by atoms with Crippen LogP contribution in [0.15, 0.2) is 85.1 Å². The number of nitrogens with zero attached hydrogens (tertiary/aromatic N) is 5. The number of aryl methyl sites for hydroxylation is 1. The molecule has 5 rings (SSSR count). The monoisotopic (exact) mass is 573 g/mol. The number of benzene rings is 3. The first kappa shape index (κ1) is 28.3. The first-order chi connectivity index (χ1) is 20.2. The fourth-order valence-electron chi connectivity index (χ4n) is 4.38. The van der Waals surface area contributed by atoms with Crippen molar-refractivity contribution >= 4 is 11.8 Å². The van der Waals surface area contributed by atoms with Gasteiger partial charge in [-0.15, -0.1) is 5.10 Å². The molecule has 2 N–H and O–H groups in total. The molecule has 214 valence electrons. The maximum atomic E-state index is 13.0. The van der Waals surface area contributed by atoms with E-state index in [0.717, 1.165) is 40.3 Å². The van der Waals surface area contributed by atoms with E-state index in [1.165, 1.54) is 30.1 Å². The number of hydrogen-bond acceptors (Lipinski definition) is 5. The van der Waals surface area contributed by atoms with Crippen LogP contribution < -0.4 is 10.6 Å². The van der Waals surface area contributed by atoms with Gasteiger partial charge < -0.3 is 10.6 Å². The van der Waals surface area contributed by atoms with Crippen LogP contribution in [0.25, 0.3) is 33.8 Å². The molecular formula is C30H26F3N7O2. The Labute approximate surface area is 239 Å². The van der Waals surface area contributed by atoms with Crippen LogP contribution in [0.1, 0.15) is 28.2 Å². The Hall–Kier alpha value is -5.26. The van der Waals surface area contributed by atoms with Gasteiger partial charge in [0.25, 0.3) is 5.91 Å². The summed E-state index contributed by atoms with van der Waals surface area (Å²) in [6.07, 6.45) is -2.15. The van der Waals surface area contributed by atoms with Gasteiger partial charge in [0, 0.05) is 32.5 Å². The van der Waals surface area contributed by atoms with Crippen LogP contribution in [0.2, 0.25) is 0 Å². The maximum absolute atomic E-state index is 13.0. The summed E-state index contributed by atoms with van der Waals surface area (Å²) in [5, 5.41) is 17.8. The number of halogens is 3. The highest BCUT2D eigenvalue weighted by atomic mass is 19.4. The van der Waals surface area contributed by atoms with E-state index in [0.29, 0.717) is 17.7 Å². The van der Waals surface area contributed by atoms with E-state index in [-0.39, 0.29) is 23.9 Å². The molecule has 0 fully saturated rings. The molecule has 0 aliphatic heterocycles. The molecule has 0 aliphatic rings. The van der Waals surface area contributed by atoms with Crippen molar-refractivity contribution in [3.05, 3.63) is 102 Å². The second kappa shape index (κ2) is 11.7. The summed E-state index contributed by atoms with van der Waals surface area (Å²) in [7, 11) is 3.10. The Morgan fingerprint density at radius 3 is 2.00 bits per heavy atom. The number of rotatable bonds is 8. The van der Waals surface area contributed by atoms with Gasteiger partial charge in [0.05, 0.1) is 34.5 Å². The average molecular weight is 574 g/mol. The lowest BCUT2D eigenvalue weighted by Crippen LogP contribution is -2.18. The summed E-state index contributed by atoms with van der Waals surface area (Å²) < 4.78 is 42.1. The highest BCUT2D eigenvalue weighted by molar-refractivity contribution is 5.91. The predicted molar refractivity (Wildman–Crippen MR) is 150 cm³/mol. The predicted octanol–water partition coefficient (Wildman–Crippen LogP) is 4.84. The van der Waals surface area contributed by atoms with Crippen molar-refractivity contribution in [3.63, 3.8) is 0 Å². The molecule has 2 amide bonds. The molecule has 0 aliphatic carbocycles. The number of carbonyl (C=O) groups excluding carboxylic acids is 2. The highest BCUT2D eigenvalue weighted by Gasteiger charge is 2.30. The second-order valence-corrected chi connectivity index (χ2v) is 9.40. The molecule has 0 unspecified atom stereocenters. The molecule has 12 heteroatoms. The van der Waals surface area contributed by atoms with Gasteiger partial charge in [-0.1, -0.05) is 41.6 Å². The molecular weight excluding hydrogens is 547 g/mol. The lowest BCUT2D eigenvalue weighted by Gasteiger charge is -2.10. The maximum Gasteiger partial charge on any atom is 0.416 e. The topological polar surface area (TPSA) is 107 Å². The molecule has 0 saturated heterocycles. The summed E-state index contributed by atoms with van der Waals surface area (Å²) in [5.41, 5.74) is 4.69. The Kier molecular flexibility index (Phi) is 7.87. The van der Waals surface area contributed by atoms with Gasteiger partial charge in [0.1, 0.15) is 0 Å². The van der Waals surface area contributed by atoms with Gasteiger partial charge in [0.15, 0.2) is 5.69 Å². The van der Waals surface area contributed by atoms with Crippen molar-refractivity contribution in [2.24, 2.45) is 0 Å². The third-order valence-electron chi connectivity index (χ3n) is 6.69.